The fourth-order valence-corrected chi connectivity index (χ4v) is 4.08. The summed E-state index contributed by atoms with van der Waals surface area (Å²) in [6.07, 6.45) is 2.31. The van der Waals surface area contributed by atoms with Crippen LogP contribution in [-0.2, 0) is 6.42 Å². The van der Waals surface area contributed by atoms with Crippen molar-refractivity contribution in [2.45, 2.75) is 6.42 Å². The number of nitrogens with two attached hydrogens (primary N) is 3. The summed E-state index contributed by atoms with van der Waals surface area (Å²) in [7, 11) is 0. The highest BCUT2D eigenvalue weighted by molar-refractivity contribution is 7.19. The third-order valence-corrected chi connectivity index (χ3v) is 5.30. The molecular weight excluding hydrogens is 372 g/mol. The SMILES string of the molecule is N=C(N)c1ccc2oc(Cc3cc4ccc(/C=N/N=C(N)N)cc4s3)cc2c1. The molecular formula is C20H18N6OS. The lowest BCUT2D eigenvalue weighted by atomic mass is 10.1. The number of guanidine groups is 1. The van der Waals surface area contributed by atoms with E-state index in [0.29, 0.717) is 12.0 Å². The molecule has 4 rings (SSSR count). The van der Waals surface area contributed by atoms with Crippen LogP contribution in [0.2, 0.25) is 0 Å². The van der Waals surface area contributed by atoms with Gasteiger partial charge in [-0.2, -0.15) is 5.10 Å². The number of furan rings is 1. The highest BCUT2D eigenvalue weighted by atomic mass is 32.1. The molecule has 0 fully saturated rings. The third kappa shape index (κ3) is 3.72. The first-order valence-corrected chi connectivity index (χ1v) is 9.31. The first-order chi connectivity index (χ1) is 13.5. The summed E-state index contributed by atoms with van der Waals surface area (Å²) in [4.78, 5) is 1.19. The van der Waals surface area contributed by atoms with Crippen molar-refractivity contribution in [2.24, 2.45) is 27.4 Å². The van der Waals surface area contributed by atoms with E-state index in [1.807, 2.05) is 36.4 Å². The van der Waals surface area contributed by atoms with E-state index >= 15 is 0 Å². The van der Waals surface area contributed by atoms with Gasteiger partial charge in [-0.15, -0.1) is 16.4 Å². The molecule has 28 heavy (non-hydrogen) atoms. The van der Waals surface area contributed by atoms with Crippen LogP contribution in [-0.4, -0.2) is 18.0 Å². The lowest BCUT2D eigenvalue weighted by Gasteiger charge is -1.96. The second kappa shape index (κ2) is 7.16. The van der Waals surface area contributed by atoms with Gasteiger partial charge in [-0.3, -0.25) is 5.41 Å². The Morgan fingerprint density at radius 2 is 1.89 bits per heavy atom. The van der Waals surface area contributed by atoms with Crippen LogP contribution < -0.4 is 17.2 Å². The summed E-state index contributed by atoms with van der Waals surface area (Å²) in [5.41, 5.74) is 18.5. The molecule has 0 aliphatic carbocycles. The Labute approximate surface area is 164 Å². The van der Waals surface area contributed by atoms with Gasteiger partial charge in [-0.05, 0) is 47.3 Å². The minimum Gasteiger partial charge on any atom is -0.461 e. The molecule has 0 atom stereocenters. The molecule has 0 aliphatic rings. The topological polar surface area (TPSA) is 140 Å². The van der Waals surface area contributed by atoms with Crippen LogP contribution >= 0.6 is 11.3 Å². The normalized spacial score (nSPS) is 11.4. The molecule has 0 saturated carbocycles. The van der Waals surface area contributed by atoms with Crippen LogP contribution in [0.15, 0.2) is 63.2 Å². The van der Waals surface area contributed by atoms with E-state index in [1.54, 1.807) is 23.6 Å². The van der Waals surface area contributed by atoms with Gasteiger partial charge in [-0.25, -0.2) is 0 Å². The zero-order valence-electron chi connectivity index (χ0n) is 14.8. The van der Waals surface area contributed by atoms with Crippen molar-refractivity contribution >= 4 is 50.4 Å². The van der Waals surface area contributed by atoms with Gasteiger partial charge in [0.2, 0.25) is 5.96 Å². The lowest BCUT2D eigenvalue weighted by Crippen LogP contribution is -2.21. The third-order valence-electron chi connectivity index (χ3n) is 4.20. The quantitative estimate of drug-likeness (QED) is 0.236. The Kier molecular flexibility index (Phi) is 4.54. The zero-order chi connectivity index (χ0) is 19.7. The summed E-state index contributed by atoms with van der Waals surface area (Å²) in [5.74, 6) is 0.849. The maximum atomic E-state index is 7.56. The van der Waals surface area contributed by atoms with Gasteiger partial charge in [0.25, 0.3) is 0 Å². The molecule has 7 nitrogen and oxygen atoms in total. The van der Waals surface area contributed by atoms with E-state index in [2.05, 4.69) is 16.3 Å². The van der Waals surface area contributed by atoms with E-state index < -0.39 is 0 Å². The molecule has 0 unspecified atom stereocenters. The Morgan fingerprint density at radius 1 is 1.04 bits per heavy atom. The smallest absolute Gasteiger partial charge is 0.211 e. The summed E-state index contributed by atoms with van der Waals surface area (Å²) >= 11 is 1.70. The Balaban J connectivity index is 1.59. The van der Waals surface area contributed by atoms with Crippen LogP contribution in [0.1, 0.15) is 21.8 Å². The number of amidine groups is 1. The number of rotatable bonds is 5. The molecule has 2 aromatic carbocycles. The average Bonchev–Trinajstić information content (AvgIpc) is 3.22. The van der Waals surface area contributed by atoms with E-state index in [-0.39, 0.29) is 11.8 Å². The van der Waals surface area contributed by atoms with Crippen LogP contribution in [0, 0.1) is 5.41 Å². The fraction of sp³-hybridized carbons (Fsp3) is 0.0500. The average molecular weight is 390 g/mol. The predicted octanol–water partition coefficient (Wildman–Crippen LogP) is 3.13. The zero-order valence-corrected chi connectivity index (χ0v) is 15.7. The van der Waals surface area contributed by atoms with Crippen molar-refractivity contribution in [3.63, 3.8) is 0 Å². The first kappa shape index (κ1) is 17.7. The molecule has 7 N–H and O–H groups in total. The summed E-state index contributed by atoms with van der Waals surface area (Å²) in [6.45, 7) is 0. The predicted molar refractivity (Wildman–Crippen MR) is 115 cm³/mol. The maximum Gasteiger partial charge on any atom is 0.211 e. The minimum atomic E-state index is -0.0722. The molecule has 0 bridgehead atoms. The number of thiophene rings is 1. The molecule has 2 aromatic heterocycles. The molecule has 0 spiro atoms. The highest BCUT2D eigenvalue weighted by Crippen LogP contribution is 2.30. The Morgan fingerprint density at radius 3 is 2.68 bits per heavy atom. The number of nitrogen functional groups attached to an aromatic ring is 1. The maximum absolute atomic E-state index is 7.56. The minimum absolute atomic E-state index is 0.0494. The van der Waals surface area contributed by atoms with Gasteiger partial charge < -0.3 is 21.6 Å². The van der Waals surface area contributed by atoms with Gasteiger partial charge in [-0.1, -0.05) is 12.1 Å². The van der Waals surface area contributed by atoms with Crippen LogP contribution in [0.4, 0.5) is 0 Å². The Hall–Kier alpha value is -3.65. The van der Waals surface area contributed by atoms with Gasteiger partial charge in [0.15, 0.2) is 0 Å². The molecule has 140 valence electrons. The van der Waals surface area contributed by atoms with E-state index in [4.69, 9.17) is 27.0 Å². The lowest BCUT2D eigenvalue weighted by molar-refractivity contribution is 0.564. The van der Waals surface area contributed by atoms with E-state index in [9.17, 15) is 0 Å². The van der Waals surface area contributed by atoms with Gasteiger partial charge in [0, 0.05) is 26.9 Å². The monoisotopic (exact) mass is 390 g/mol. The van der Waals surface area contributed by atoms with E-state index in [0.717, 1.165) is 32.4 Å². The van der Waals surface area contributed by atoms with Gasteiger partial charge in [0.1, 0.15) is 17.2 Å². The number of hydrogen-bond acceptors (Lipinski definition) is 5. The van der Waals surface area contributed by atoms with Gasteiger partial charge >= 0.3 is 0 Å². The second-order valence-corrected chi connectivity index (χ2v) is 7.50. The second-order valence-electron chi connectivity index (χ2n) is 6.34. The molecule has 0 saturated heterocycles. The number of fused-ring (bicyclic) bond motifs is 2. The summed E-state index contributed by atoms with van der Waals surface area (Å²) in [6, 6.07) is 15.7. The van der Waals surface area contributed by atoms with Crippen LogP contribution in [0.3, 0.4) is 0 Å². The molecule has 4 aromatic rings. The van der Waals surface area contributed by atoms with Gasteiger partial charge in [0.05, 0.1) is 6.21 Å². The molecule has 0 amide bonds. The number of nitrogens with one attached hydrogen (secondary N) is 1. The number of hydrogen-bond donors (Lipinski definition) is 4. The molecule has 2 heterocycles. The van der Waals surface area contributed by atoms with Crippen molar-refractivity contribution in [1.82, 2.24) is 0 Å². The van der Waals surface area contributed by atoms with E-state index in [1.165, 1.54) is 4.88 Å². The first-order valence-electron chi connectivity index (χ1n) is 8.49. The van der Waals surface area contributed by atoms with Crippen molar-refractivity contribution < 1.29 is 4.42 Å². The number of benzene rings is 2. The van der Waals surface area contributed by atoms with Crippen molar-refractivity contribution in [2.75, 3.05) is 0 Å². The van der Waals surface area contributed by atoms with Crippen LogP contribution in [0.25, 0.3) is 21.1 Å². The van der Waals surface area contributed by atoms with Crippen molar-refractivity contribution in [3.05, 3.63) is 70.3 Å². The summed E-state index contributed by atoms with van der Waals surface area (Å²) in [5, 5.41) is 17.1. The number of nitrogens with zero attached hydrogens (tertiary/aromatic N) is 2. The van der Waals surface area contributed by atoms with Crippen LogP contribution in [0.5, 0.6) is 0 Å². The highest BCUT2D eigenvalue weighted by Gasteiger charge is 2.09. The molecule has 0 radical (unpaired) electrons. The molecule has 8 heteroatoms. The standard InChI is InChI=1S/C20H18N6OS/c21-19(22)13-3-4-17-14(6-13)7-15(27-17)9-16-8-12-2-1-11(5-18(12)28-16)10-25-26-20(23)24/h1-8,10H,9H2,(H3,21,22)(H4,23,24,26)/b25-10+. The summed E-state index contributed by atoms with van der Waals surface area (Å²) < 4.78 is 7.09. The molecule has 0 aliphatic heterocycles. The van der Waals surface area contributed by atoms with Crippen molar-refractivity contribution in [3.8, 4) is 0 Å². The van der Waals surface area contributed by atoms with Crippen molar-refractivity contribution in [1.29, 1.82) is 5.41 Å². The largest absolute Gasteiger partial charge is 0.461 e. The fourth-order valence-electron chi connectivity index (χ4n) is 2.96. The Bertz CT molecular complexity index is 1250.